The zero-order valence-corrected chi connectivity index (χ0v) is 18.4. The highest BCUT2D eigenvalue weighted by atomic mass is 32.1. The molecule has 2 aromatic carbocycles. The smallest absolute Gasteiger partial charge is 0.416 e. The SMILES string of the molecule is Cc1nc(-c2ccc(C(F)(F)F)cc2)sc1CCc1nc2ccc(OCC(=O)O)cc2s1. The maximum absolute atomic E-state index is 12.8. The molecule has 0 bridgehead atoms. The molecule has 1 N–H and O–H groups in total. The molecule has 2 aromatic heterocycles. The van der Waals surface area contributed by atoms with Crippen LogP contribution in [0.1, 0.15) is 21.1 Å². The van der Waals surface area contributed by atoms with Gasteiger partial charge in [0.05, 0.1) is 26.5 Å². The van der Waals surface area contributed by atoms with Crippen LogP contribution in [0.4, 0.5) is 13.2 Å². The summed E-state index contributed by atoms with van der Waals surface area (Å²) in [5.41, 5.74) is 1.66. The molecule has 0 aliphatic rings. The first-order valence-electron chi connectivity index (χ1n) is 9.57. The number of rotatable bonds is 7. The van der Waals surface area contributed by atoms with E-state index in [0.717, 1.165) is 37.9 Å². The number of hydrogen-bond donors (Lipinski definition) is 1. The lowest BCUT2D eigenvalue weighted by atomic mass is 10.1. The first-order valence-corrected chi connectivity index (χ1v) is 11.2. The van der Waals surface area contributed by atoms with Crippen molar-refractivity contribution in [1.82, 2.24) is 9.97 Å². The highest BCUT2D eigenvalue weighted by Gasteiger charge is 2.30. The fourth-order valence-electron chi connectivity index (χ4n) is 3.10. The van der Waals surface area contributed by atoms with E-state index in [2.05, 4.69) is 9.97 Å². The Morgan fingerprint density at radius 3 is 2.50 bits per heavy atom. The number of carbonyl (C=O) groups is 1. The van der Waals surface area contributed by atoms with Crippen LogP contribution in [0.5, 0.6) is 5.75 Å². The first kappa shape index (κ1) is 22.2. The predicted molar refractivity (Wildman–Crippen MR) is 117 cm³/mol. The number of nitrogens with zero attached hydrogens (tertiary/aromatic N) is 2. The maximum Gasteiger partial charge on any atom is 0.416 e. The number of carboxylic acid groups (broad SMARTS) is 1. The summed E-state index contributed by atoms with van der Waals surface area (Å²) in [5, 5.41) is 10.3. The third-order valence-corrected chi connectivity index (χ3v) is 7.03. The Hall–Kier alpha value is -2.98. The summed E-state index contributed by atoms with van der Waals surface area (Å²) < 4.78 is 44.4. The van der Waals surface area contributed by atoms with Crippen LogP contribution in [0.25, 0.3) is 20.8 Å². The van der Waals surface area contributed by atoms with Crippen molar-refractivity contribution >= 4 is 38.9 Å². The molecule has 0 radical (unpaired) electrons. The van der Waals surface area contributed by atoms with Gasteiger partial charge in [0.25, 0.3) is 0 Å². The van der Waals surface area contributed by atoms with Crippen LogP contribution in [0.15, 0.2) is 42.5 Å². The highest BCUT2D eigenvalue weighted by Crippen LogP contribution is 2.34. The minimum Gasteiger partial charge on any atom is -0.482 e. The highest BCUT2D eigenvalue weighted by molar-refractivity contribution is 7.18. The Morgan fingerprint density at radius 2 is 1.81 bits per heavy atom. The Kier molecular flexibility index (Phi) is 6.16. The Morgan fingerprint density at radius 1 is 1.06 bits per heavy atom. The van der Waals surface area contributed by atoms with Gasteiger partial charge in [-0.1, -0.05) is 12.1 Å². The molecule has 5 nitrogen and oxygen atoms in total. The zero-order valence-electron chi connectivity index (χ0n) is 16.8. The number of carboxylic acids is 1. The van der Waals surface area contributed by atoms with Gasteiger partial charge in [0, 0.05) is 16.9 Å². The van der Waals surface area contributed by atoms with Crippen molar-refractivity contribution < 1.29 is 27.8 Å². The van der Waals surface area contributed by atoms with Gasteiger partial charge in [-0.05, 0) is 43.7 Å². The molecule has 0 atom stereocenters. The van der Waals surface area contributed by atoms with E-state index in [1.807, 2.05) is 6.92 Å². The van der Waals surface area contributed by atoms with Gasteiger partial charge in [0.15, 0.2) is 6.61 Å². The minimum absolute atomic E-state index is 0.400. The molecule has 0 spiro atoms. The first-order chi connectivity index (χ1) is 15.2. The molecule has 0 aliphatic heterocycles. The number of aliphatic carboxylic acids is 1. The second-order valence-corrected chi connectivity index (χ2v) is 9.22. The molecule has 4 aromatic rings. The molecule has 2 heterocycles. The summed E-state index contributed by atoms with van der Waals surface area (Å²) in [4.78, 5) is 20.9. The lowest BCUT2D eigenvalue weighted by Crippen LogP contribution is -2.09. The van der Waals surface area contributed by atoms with Gasteiger partial charge in [0.1, 0.15) is 10.8 Å². The lowest BCUT2D eigenvalue weighted by molar-refractivity contribution is -0.139. The molecular weight excluding hydrogens is 461 g/mol. The van der Waals surface area contributed by atoms with Crippen molar-refractivity contribution in [3.05, 3.63) is 63.6 Å². The van der Waals surface area contributed by atoms with Gasteiger partial charge in [0.2, 0.25) is 0 Å². The quantitative estimate of drug-likeness (QED) is 0.353. The van der Waals surface area contributed by atoms with E-state index in [1.165, 1.54) is 34.8 Å². The van der Waals surface area contributed by atoms with Crippen LogP contribution in [0.3, 0.4) is 0 Å². The molecular formula is C22H17F3N2O3S2. The third kappa shape index (κ3) is 5.08. The summed E-state index contributed by atoms with van der Waals surface area (Å²) in [5.74, 6) is -0.555. The van der Waals surface area contributed by atoms with Crippen molar-refractivity contribution in [3.63, 3.8) is 0 Å². The van der Waals surface area contributed by atoms with E-state index in [-0.39, 0.29) is 0 Å². The van der Waals surface area contributed by atoms with Gasteiger partial charge >= 0.3 is 12.1 Å². The van der Waals surface area contributed by atoms with Gasteiger partial charge in [-0.2, -0.15) is 13.2 Å². The average molecular weight is 479 g/mol. The average Bonchev–Trinajstić information content (AvgIpc) is 3.32. The molecule has 166 valence electrons. The summed E-state index contributed by atoms with van der Waals surface area (Å²) in [6.07, 6.45) is -2.95. The number of aromatic nitrogens is 2. The Labute approximate surface area is 189 Å². The molecule has 0 saturated heterocycles. The summed E-state index contributed by atoms with van der Waals surface area (Å²) in [6.45, 7) is 1.49. The number of alkyl halides is 3. The summed E-state index contributed by atoms with van der Waals surface area (Å²) in [6, 6.07) is 10.3. The van der Waals surface area contributed by atoms with Gasteiger partial charge in [-0.25, -0.2) is 14.8 Å². The van der Waals surface area contributed by atoms with E-state index in [4.69, 9.17) is 9.84 Å². The molecule has 0 amide bonds. The molecule has 0 aliphatic carbocycles. The lowest BCUT2D eigenvalue weighted by Gasteiger charge is -2.06. The number of fused-ring (bicyclic) bond motifs is 1. The van der Waals surface area contributed by atoms with E-state index in [9.17, 15) is 18.0 Å². The van der Waals surface area contributed by atoms with Crippen LogP contribution in [-0.2, 0) is 23.8 Å². The molecule has 32 heavy (non-hydrogen) atoms. The largest absolute Gasteiger partial charge is 0.482 e. The zero-order chi connectivity index (χ0) is 22.9. The van der Waals surface area contributed by atoms with Crippen molar-refractivity contribution in [2.45, 2.75) is 25.9 Å². The van der Waals surface area contributed by atoms with Crippen LogP contribution in [0, 0.1) is 6.92 Å². The summed E-state index contributed by atoms with van der Waals surface area (Å²) in [7, 11) is 0. The molecule has 0 saturated carbocycles. The Balaban J connectivity index is 1.45. The monoisotopic (exact) mass is 478 g/mol. The van der Waals surface area contributed by atoms with Crippen LogP contribution >= 0.6 is 22.7 Å². The second-order valence-electron chi connectivity index (χ2n) is 7.02. The molecule has 0 unspecified atom stereocenters. The maximum atomic E-state index is 12.8. The Bertz CT molecular complexity index is 1260. The van der Waals surface area contributed by atoms with Crippen LogP contribution in [-0.4, -0.2) is 27.7 Å². The normalized spacial score (nSPS) is 11.8. The number of halogens is 3. The fourth-order valence-corrected chi connectivity index (χ4v) is 5.16. The van der Waals surface area contributed by atoms with Crippen LogP contribution < -0.4 is 4.74 Å². The molecule has 0 fully saturated rings. The number of benzene rings is 2. The van der Waals surface area contributed by atoms with Crippen LogP contribution in [0.2, 0.25) is 0 Å². The number of ether oxygens (including phenoxy) is 1. The predicted octanol–water partition coefficient (Wildman–Crippen LogP) is 6.00. The summed E-state index contributed by atoms with van der Waals surface area (Å²) >= 11 is 2.99. The van der Waals surface area contributed by atoms with Crippen molar-refractivity contribution in [1.29, 1.82) is 0 Å². The number of hydrogen-bond acceptors (Lipinski definition) is 6. The van der Waals surface area contributed by atoms with Gasteiger partial charge in [-0.15, -0.1) is 22.7 Å². The standard InChI is InChI=1S/C22H17F3N2O3S2/c1-12-17(32-21(26-12)13-2-4-14(5-3-13)22(23,24)25)8-9-19-27-16-7-6-15(10-18(16)31-19)30-11-20(28)29/h2-7,10H,8-9,11H2,1H3,(H,28,29). The minimum atomic E-state index is -4.36. The molecule has 10 heteroatoms. The van der Waals surface area contributed by atoms with E-state index in [0.29, 0.717) is 29.2 Å². The van der Waals surface area contributed by atoms with E-state index < -0.39 is 24.3 Å². The van der Waals surface area contributed by atoms with Gasteiger partial charge < -0.3 is 9.84 Å². The third-order valence-electron chi connectivity index (χ3n) is 4.68. The number of thiazole rings is 2. The van der Waals surface area contributed by atoms with E-state index >= 15 is 0 Å². The number of aryl methyl sites for hydroxylation is 3. The van der Waals surface area contributed by atoms with E-state index in [1.54, 1.807) is 18.2 Å². The van der Waals surface area contributed by atoms with Crippen molar-refractivity contribution in [2.24, 2.45) is 0 Å². The van der Waals surface area contributed by atoms with Crippen molar-refractivity contribution in [3.8, 4) is 16.3 Å². The molecule has 4 rings (SSSR count). The topological polar surface area (TPSA) is 72.3 Å². The second kappa shape index (κ2) is 8.87. The van der Waals surface area contributed by atoms with Gasteiger partial charge in [-0.3, -0.25) is 0 Å². The van der Waals surface area contributed by atoms with Crippen molar-refractivity contribution in [2.75, 3.05) is 6.61 Å². The fraction of sp³-hybridized carbons (Fsp3) is 0.227.